The van der Waals surface area contributed by atoms with Crippen LogP contribution in [0.2, 0.25) is 0 Å². The second-order valence-electron chi connectivity index (χ2n) is 7.51. The first kappa shape index (κ1) is 20.7. The number of anilines is 3. The highest BCUT2D eigenvalue weighted by molar-refractivity contribution is 6.09. The normalized spacial score (nSPS) is 13.3. The minimum absolute atomic E-state index is 0.202. The summed E-state index contributed by atoms with van der Waals surface area (Å²) in [5.41, 5.74) is 2.77. The maximum atomic E-state index is 13.2. The highest BCUT2D eigenvalue weighted by Crippen LogP contribution is 2.27. The van der Waals surface area contributed by atoms with E-state index in [9.17, 15) is 9.59 Å². The van der Waals surface area contributed by atoms with Gasteiger partial charge in [0.25, 0.3) is 5.91 Å². The fourth-order valence-corrected chi connectivity index (χ4v) is 3.74. The molecule has 7 heteroatoms. The maximum Gasteiger partial charge on any atom is 0.413 e. The van der Waals surface area contributed by atoms with E-state index in [0.29, 0.717) is 23.5 Å². The summed E-state index contributed by atoms with van der Waals surface area (Å²) in [5.74, 6) is 0.527. The third-order valence-corrected chi connectivity index (χ3v) is 5.41. The highest BCUT2D eigenvalue weighted by Gasteiger charge is 2.22. The van der Waals surface area contributed by atoms with E-state index in [2.05, 4.69) is 10.2 Å². The number of ether oxygens (including phenoxy) is 1. The van der Waals surface area contributed by atoms with Crippen molar-refractivity contribution >= 4 is 40.1 Å². The molecule has 0 radical (unpaired) electrons. The van der Waals surface area contributed by atoms with Crippen molar-refractivity contribution in [1.82, 2.24) is 4.98 Å². The smallest absolute Gasteiger partial charge is 0.413 e. The zero-order valence-corrected chi connectivity index (χ0v) is 17.8. The minimum Gasteiger partial charge on any atom is -0.449 e. The fourth-order valence-electron chi connectivity index (χ4n) is 3.74. The molecule has 0 unspecified atom stereocenters. The zero-order valence-electron chi connectivity index (χ0n) is 17.8. The van der Waals surface area contributed by atoms with Gasteiger partial charge in [-0.3, -0.25) is 9.69 Å². The molecule has 1 N–H and O–H groups in total. The number of amides is 2. The molecule has 0 aliphatic carbocycles. The first-order valence-electron chi connectivity index (χ1n) is 10.5. The number of carbonyl (C=O) groups is 2. The number of pyridine rings is 1. The van der Waals surface area contributed by atoms with Crippen LogP contribution in [0.3, 0.4) is 0 Å². The topological polar surface area (TPSA) is 74.8 Å². The zero-order chi connectivity index (χ0) is 21.8. The Morgan fingerprint density at radius 1 is 1.10 bits per heavy atom. The number of para-hydroxylation sites is 1. The van der Waals surface area contributed by atoms with Crippen LogP contribution in [0.25, 0.3) is 10.9 Å². The van der Waals surface area contributed by atoms with Crippen LogP contribution in [0.5, 0.6) is 0 Å². The van der Waals surface area contributed by atoms with Crippen LogP contribution in [0.15, 0.2) is 54.6 Å². The Kier molecular flexibility index (Phi) is 6.02. The number of carbonyl (C=O) groups excluding carboxylic acids is 2. The second kappa shape index (κ2) is 9.04. The molecule has 1 aliphatic heterocycles. The highest BCUT2D eigenvalue weighted by atomic mass is 16.6. The number of nitrogens with zero attached hydrogens (tertiary/aromatic N) is 3. The van der Waals surface area contributed by atoms with E-state index in [1.807, 2.05) is 30.3 Å². The number of hydrogen-bond acceptors (Lipinski definition) is 5. The lowest BCUT2D eigenvalue weighted by Gasteiger charge is -2.21. The molecule has 1 saturated heterocycles. The van der Waals surface area contributed by atoms with Gasteiger partial charge in [0, 0.05) is 36.9 Å². The van der Waals surface area contributed by atoms with Crippen molar-refractivity contribution in [3.05, 3.63) is 60.2 Å². The molecule has 3 aromatic rings. The number of hydrogen-bond donors (Lipinski definition) is 1. The summed E-state index contributed by atoms with van der Waals surface area (Å²) in [5, 5.41) is 3.90. The summed E-state index contributed by atoms with van der Waals surface area (Å²) in [7, 11) is 1.65. The molecule has 31 heavy (non-hydrogen) atoms. The monoisotopic (exact) mass is 418 g/mol. The van der Waals surface area contributed by atoms with Crippen LogP contribution < -0.4 is 15.1 Å². The van der Waals surface area contributed by atoms with Crippen LogP contribution in [-0.4, -0.2) is 43.7 Å². The van der Waals surface area contributed by atoms with E-state index < -0.39 is 6.09 Å². The van der Waals surface area contributed by atoms with Crippen LogP contribution in [0, 0.1) is 0 Å². The van der Waals surface area contributed by atoms with Crippen LogP contribution in [0.1, 0.15) is 30.1 Å². The quantitative estimate of drug-likeness (QED) is 0.651. The standard InChI is InChI=1S/C24H26N4O3/c1-3-31-24(30)27(2)19-12-10-18(11-13-19)25-23(29)20-16-17-8-4-5-9-21(17)26-22(20)28-14-6-7-15-28/h4-5,8-13,16H,3,6-7,14-15H2,1-2H3,(H,25,29). The van der Waals surface area contributed by atoms with Gasteiger partial charge in [-0.1, -0.05) is 18.2 Å². The van der Waals surface area contributed by atoms with Gasteiger partial charge in [0.1, 0.15) is 5.82 Å². The summed E-state index contributed by atoms with van der Waals surface area (Å²) < 4.78 is 5.01. The van der Waals surface area contributed by atoms with Crippen molar-refractivity contribution in [3.8, 4) is 0 Å². The number of rotatable bonds is 5. The average molecular weight is 418 g/mol. The van der Waals surface area contributed by atoms with Gasteiger partial charge < -0.3 is 15.0 Å². The number of nitrogens with one attached hydrogen (secondary N) is 1. The summed E-state index contributed by atoms with van der Waals surface area (Å²) in [6.45, 7) is 3.89. The molecule has 0 spiro atoms. The lowest BCUT2D eigenvalue weighted by atomic mass is 10.1. The molecular weight excluding hydrogens is 392 g/mol. The van der Waals surface area contributed by atoms with Gasteiger partial charge in [-0.05, 0) is 56.2 Å². The Labute approximate surface area is 181 Å². The van der Waals surface area contributed by atoms with E-state index in [4.69, 9.17) is 9.72 Å². The van der Waals surface area contributed by atoms with Crippen LogP contribution in [0.4, 0.5) is 22.0 Å². The number of aromatic nitrogens is 1. The first-order chi connectivity index (χ1) is 15.1. The SMILES string of the molecule is CCOC(=O)N(C)c1ccc(NC(=O)c2cc3ccccc3nc2N2CCCC2)cc1. The molecule has 7 nitrogen and oxygen atoms in total. The Balaban J connectivity index is 1.58. The van der Waals surface area contributed by atoms with Crippen molar-refractivity contribution < 1.29 is 14.3 Å². The summed E-state index contributed by atoms with van der Waals surface area (Å²) in [6, 6.07) is 16.8. The summed E-state index contributed by atoms with van der Waals surface area (Å²) in [4.78, 5) is 33.5. The Bertz CT molecular complexity index is 1090. The van der Waals surface area contributed by atoms with Gasteiger partial charge >= 0.3 is 6.09 Å². The Morgan fingerprint density at radius 2 is 1.81 bits per heavy atom. The third-order valence-electron chi connectivity index (χ3n) is 5.41. The van der Waals surface area contributed by atoms with E-state index in [0.717, 1.165) is 42.7 Å². The molecule has 2 amide bonds. The predicted octanol–water partition coefficient (Wildman–Crippen LogP) is 4.68. The predicted molar refractivity (Wildman–Crippen MR) is 123 cm³/mol. The largest absolute Gasteiger partial charge is 0.449 e. The molecule has 2 aromatic carbocycles. The molecule has 4 rings (SSSR count). The van der Waals surface area contributed by atoms with Gasteiger partial charge in [-0.25, -0.2) is 9.78 Å². The fraction of sp³-hybridized carbons (Fsp3) is 0.292. The van der Waals surface area contributed by atoms with Crippen LogP contribution >= 0.6 is 0 Å². The lowest BCUT2D eigenvalue weighted by Crippen LogP contribution is -2.27. The van der Waals surface area contributed by atoms with E-state index >= 15 is 0 Å². The van der Waals surface area contributed by atoms with Crippen LogP contribution in [-0.2, 0) is 4.74 Å². The van der Waals surface area contributed by atoms with E-state index in [1.165, 1.54) is 4.90 Å². The minimum atomic E-state index is -0.420. The van der Waals surface area contributed by atoms with Gasteiger partial charge in [-0.2, -0.15) is 0 Å². The molecule has 0 saturated carbocycles. The Hall–Kier alpha value is -3.61. The van der Waals surface area contributed by atoms with Crippen molar-refractivity contribution in [2.24, 2.45) is 0 Å². The lowest BCUT2D eigenvalue weighted by molar-refractivity contribution is 0.102. The summed E-state index contributed by atoms with van der Waals surface area (Å²) in [6.07, 6.45) is 1.78. The average Bonchev–Trinajstić information content (AvgIpc) is 3.33. The van der Waals surface area contributed by atoms with E-state index in [1.54, 1.807) is 38.2 Å². The van der Waals surface area contributed by atoms with Crippen molar-refractivity contribution in [1.29, 1.82) is 0 Å². The van der Waals surface area contributed by atoms with Gasteiger partial charge in [0.05, 0.1) is 17.7 Å². The van der Waals surface area contributed by atoms with Crippen molar-refractivity contribution in [2.75, 3.05) is 41.9 Å². The van der Waals surface area contributed by atoms with Gasteiger partial charge in [0.2, 0.25) is 0 Å². The molecule has 160 valence electrons. The van der Waals surface area contributed by atoms with Gasteiger partial charge in [0.15, 0.2) is 0 Å². The number of fused-ring (bicyclic) bond motifs is 1. The molecule has 2 heterocycles. The third kappa shape index (κ3) is 4.45. The molecular formula is C24H26N4O3. The van der Waals surface area contributed by atoms with E-state index in [-0.39, 0.29) is 5.91 Å². The maximum absolute atomic E-state index is 13.2. The van der Waals surface area contributed by atoms with Gasteiger partial charge in [-0.15, -0.1) is 0 Å². The first-order valence-corrected chi connectivity index (χ1v) is 10.5. The second-order valence-corrected chi connectivity index (χ2v) is 7.51. The number of benzene rings is 2. The van der Waals surface area contributed by atoms with Crippen molar-refractivity contribution in [3.63, 3.8) is 0 Å². The Morgan fingerprint density at radius 3 is 2.52 bits per heavy atom. The molecule has 1 aliphatic rings. The van der Waals surface area contributed by atoms with Crippen molar-refractivity contribution in [2.45, 2.75) is 19.8 Å². The molecule has 1 fully saturated rings. The summed E-state index contributed by atoms with van der Waals surface area (Å²) >= 11 is 0. The molecule has 0 bridgehead atoms. The molecule has 1 aromatic heterocycles. The molecule has 0 atom stereocenters.